The first-order valence-corrected chi connectivity index (χ1v) is 19.3. The Bertz CT molecular complexity index is 656. The third kappa shape index (κ3) is 28.1. The number of carboxylic acid groups (broad SMARTS) is 1. The maximum atomic E-state index is 10.7. The highest BCUT2D eigenvalue weighted by Crippen LogP contribution is 2.22. The molecule has 3 unspecified atom stereocenters. The molecule has 0 aliphatic rings. The summed E-state index contributed by atoms with van der Waals surface area (Å²) < 4.78 is 0. The number of carboxylic acids is 1. The summed E-state index contributed by atoms with van der Waals surface area (Å²) in [6.45, 7) is 16.2. The summed E-state index contributed by atoms with van der Waals surface area (Å²) in [4.78, 5) is 13.4. The molecule has 0 fully saturated rings. The zero-order chi connectivity index (χ0) is 32.5. The molecule has 0 amide bonds. The van der Waals surface area contributed by atoms with E-state index in [9.17, 15) is 4.79 Å². The normalized spacial score (nSPS) is 13.8. The van der Waals surface area contributed by atoms with Crippen molar-refractivity contribution in [1.82, 2.24) is 4.90 Å². The molecule has 44 heavy (non-hydrogen) atoms. The number of aliphatic carboxylic acids is 1. The van der Waals surface area contributed by atoms with E-state index in [1.165, 1.54) is 141 Å². The Morgan fingerprint density at radius 2 is 1.05 bits per heavy atom. The van der Waals surface area contributed by atoms with Crippen molar-refractivity contribution >= 4 is 5.97 Å². The van der Waals surface area contributed by atoms with Gasteiger partial charge in [-0.2, -0.15) is 0 Å². The van der Waals surface area contributed by atoms with E-state index in [1.54, 1.807) is 0 Å². The van der Waals surface area contributed by atoms with E-state index in [-0.39, 0.29) is 0 Å². The van der Waals surface area contributed by atoms with Crippen LogP contribution < -0.4 is 0 Å². The van der Waals surface area contributed by atoms with Crippen LogP contribution in [0.4, 0.5) is 0 Å². The molecule has 0 aliphatic heterocycles. The van der Waals surface area contributed by atoms with E-state index in [2.05, 4.69) is 63.1 Å². The smallest absolute Gasteiger partial charge is 0.303 e. The van der Waals surface area contributed by atoms with Gasteiger partial charge in [0.1, 0.15) is 0 Å². The van der Waals surface area contributed by atoms with Crippen molar-refractivity contribution in [2.24, 2.45) is 5.92 Å². The predicted octanol–water partition coefficient (Wildman–Crippen LogP) is 13.2. The van der Waals surface area contributed by atoms with E-state index >= 15 is 0 Å². The molecule has 3 nitrogen and oxygen atoms in total. The summed E-state index contributed by atoms with van der Waals surface area (Å²) in [6, 6.07) is 1.01. The average molecular weight is 616 g/mol. The van der Waals surface area contributed by atoms with Gasteiger partial charge in [0.05, 0.1) is 0 Å². The van der Waals surface area contributed by atoms with E-state index in [0.29, 0.717) is 24.4 Å². The van der Waals surface area contributed by atoms with Crippen molar-refractivity contribution in [2.45, 2.75) is 206 Å². The van der Waals surface area contributed by atoms with E-state index in [1.807, 2.05) is 0 Å². The number of carbonyl (C=O) groups is 1. The topological polar surface area (TPSA) is 40.5 Å². The second-order valence-corrected chi connectivity index (χ2v) is 13.8. The van der Waals surface area contributed by atoms with E-state index in [0.717, 1.165) is 32.2 Å². The molecule has 0 saturated heterocycles. The monoisotopic (exact) mass is 616 g/mol. The van der Waals surface area contributed by atoms with Crippen LogP contribution in [0.2, 0.25) is 0 Å². The van der Waals surface area contributed by atoms with Crippen molar-refractivity contribution in [2.75, 3.05) is 6.54 Å². The molecule has 0 bridgehead atoms. The maximum absolute atomic E-state index is 10.7. The fraction of sp³-hybridized carbons (Fsp3) is 0.829. The van der Waals surface area contributed by atoms with Gasteiger partial charge in [-0.3, -0.25) is 9.69 Å². The molecular formula is C41H77NO2. The summed E-state index contributed by atoms with van der Waals surface area (Å²) in [5.41, 5.74) is 0. The molecule has 0 rings (SSSR count). The molecule has 3 heteroatoms. The minimum atomic E-state index is -0.662. The fourth-order valence-corrected chi connectivity index (χ4v) is 6.56. The Morgan fingerprint density at radius 3 is 1.48 bits per heavy atom. The van der Waals surface area contributed by atoms with Crippen LogP contribution in [0, 0.1) is 5.92 Å². The van der Waals surface area contributed by atoms with Gasteiger partial charge in [0.15, 0.2) is 0 Å². The van der Waals surface area contributed by atoms with Gasteiger partial charge in [-0.1, -0.05) is 160 Å². The van der Waals surface area contributed by atoms with Crippen LogP contribution in [0.15, 0.2) is 37.5 Å². The van der Waals surface area contributed by atoms with Gasteiger partial charge in [0, 0.05) is 25.0 Å². The molecule has 0 spiro atoms. The number of hydrogen-bond acceptors (Lipinski definition) is 2. The SMILES string of the molecule is C=CCC(C)N(CC(/C=C/CCCCCCCCCCCCCCCC)CCCCCCCCCCC(=O)O)C(C)CC=C. The van der Waals surface area contributed by atoms with Crippen LogP contribution in [0.1, 0.15) is 194 Å². The van der Waals surface area contributed by atoms with Crippen molar-refractivity contribution in [3.8, 4) is 0 Å². The lowest BCUT2D eigenvalue weighted by Crippen LogP contribution is -2.42. The van der Waals surface area contributed by atoms with E-state index in [4.69, 9.17) is 5.11 Å². The summed E-state index contributed by atoms with van der Waals surface area (Å²) in [7, 11) is 0. The Hall–Kier alpha value is -1.35. The number of allylic oxidation sites excluding steroid dienone is 1. The lowest BCUT2D eigenvalue weighted by molar-refractivity contribution is -0.137. The van der Waals surface area contributed by atoms with Crippen LogP contribution in [0.25, 0.3) is 0 Å². The van der Waals surface area contributed by atoms with Crippen molar-refractivity contribution in [1.29, 1.82) is 0 Å². The molecule has 0 aromatic rings. The third-order valence-electron chi connectivity index (χ3n) is 9.44. The Kier molecular flexibility index (Phi) is 32.0. The molecule has 0 aliphatic carbocycles. The number of hydrogen-bond donors (Lipinski definition) is 1. The van der Waals surface area contributed by atoms with E-state index < -0.39 is 5.97 Å². The molecule has 0 heterocycles. The number of nitrogens with zero attached hydrogens (tertiary/aromatic N) is 1. The standard InChI is InChI=1S/C41H77NO2/c1-6-9-10-11-12-13-14-15-16-17-18-19-20-23-26-29-34-40(37-42(38(4)32-7-2)39(5)33-8-3)35-30-27-24-21-22-25-28-31-36-41(43)44/h7-8,29,34,38-40H,2-3,6,9-28,30-33,35-37H2,1,4-5H3,(H,43,44)/b34-29+. The largest absolute Gasteiger partial charge is 0.481 e. The molecule has 0 aromatic heterocycles. The molecule has 0 saturated carbocycles. The van der Waals surface area contributed by atoms with Crippen LogP contribution >= 0.6 is 0 Å². The van der Waals surface area contributed by atoms with Gasteiger partial charge in [0.2, 0.25) is 0 Å². The highest BCUT2D eigenvalue weighted by atomic mass is 16.4. The first-order valence-electron chi connectivity index (χ1n) is 19.3. The van der Waals surface area contributed by atoms with Gasteiger partial charge in [-0.05, 0) is 58.3 Å². The van der Waals surface area contributed by atoms with Crippen molar-refractivity contribution in [3.05, 3.63) is 37.5 Å². The summed E-state index contributed by atoms with van der Waals surface area (Å²) >= 11 is 0. The minimum absolute atomic E-state index is 0.322. The second-order valence-electron chi connectivity index (χ2n) is 13.8. The molecule has 0 aromatic carbocycles. The first kappa shape index (κ1) is 42.6. The molecule has 0 radical (unpaired) electrons. The predicted molar refractivity (Wildman–Crippen MR) is 197 cm³/mol. The third-order valence-corrected chi connectivity index (χ3v) is 9.44. The van der Waals surface area contributed by atoms with Crippen LogP contribution in [0.5, 0.6) is 0 Å². The highest BCUT2D eigenvalue weighted by molar-refractivity contribution is 5.66. The van der Waals surface area contributed by atoms with Gasteiger partial charge in [0.25, 0.3) is 0 Å². The van der Waals surface area contributed by atoms with Gasteiger partial charge >= 0.3 is 5.97 Å². The zero-order valence-corrected chi connectivity index (χ0v) is 30.1. The quantitative estimate of drug-likeness (QED) is 0.0569. The zero-order valence-electron chi connectivity index (χ0n) is 30.1. The lowest BCUT2D eigenvalue weighted by atomic mass is 9.96. The maximum Gasteiger partial charge on any atom is 0.303 e. The van der Waals surface area contributed by atoms with Crippen LogP contribution in [-0.4, -0.2) is 34.6 Å². The molecule has 1 N–H and O–H groups in total. The Labute approximate surface area is 276 Å². The van der Waals surface area contributed by atoms with Gasteiger partial charge in [-0.25, -0.2) is 0 Å². The second kappa shape index (κ2) is 33.0. The van der Waals surface area contributed by atoms with Crippen LogP contribution in [-0.2, 0) is 4.79 Å². The Balaban J connectivity index is 4.41. The first-order chi connectivity index (χ1) is 21.5. The summed E-state index contributed by atoms with van der Waals surface area (Å²) in [6.07, 6.45) is 43.4. The number of unbranched alkanes of at least 4 members (excludes halogenated alkanes) is 21. The van der Waals surface area contributed by atoms with Crippen molar-refractivity contribution in [3.63, 3.8) is 0 Å². The highest BCUT2D eigenvalue weighted by Gasteiger charge is 2.21. The summed E-state index contributed by atoms with van der Waals surface area (Å²) in [5.74, 6) is -0.0540. The summed E-state index contributed by atoms with van der Waals surface area (Å²) in [5, 5.41) is 8.78. The number of rotatable bonds is 35. The molecule has 258 valence electrons. The van der Waals surface area contributed by atoms with Crippen LogP contribution in [0.3, 0.4) is 0 Å². The van der Waals surface area contributed by atoms with Crippen molar-refractivity contribution < 1.29 is 9.90 Å². The molecule has 3 atom stereocenters. The van der Waals surface area contributed by atoms with Gasteiger partial charge < -0.3 is 5.11 Å². The fourth-order valence-electron chi connectivity index (χ4n) is 6.56. The Morgan fingerprint density at radius 1 is 0.636 bits per heavy atom. The van der Waals surface area contributed by atoms with Gasteiger partial charge in [-0.15, -0.1) is 13.2 Å². The lowest BCUT2D eigenvalue weighted by Gasteiger charge is -2.36. The average Bonchev–Trinajstić information content (AvgIpc) is 3.00. The molecular weight excluding hydrogens is 538 g/mol. The minimum Gasteiger partial charge on any atom is -0.481 e.